The summed E-state index contributed by atoms with van der Waals surface area (Å²) in [7, 11) is 1.89. The van der Waals surface area contributed by atoms with Crippen LogP contribution in [0, 0.1) is 0 Å². The largest absolute Gasteiger partial charge is 0.382 e. The maximum Gasteiger partial charge on any atom is 0.239 e. The maximum absolute atomic E-state index is 12.0. The minimum Gasteiger partial charge on any atom is -0.382 e. The van der Waals surface area contributed by atoms with Crippen molar-refractivity contribution in [3.8, 4) is 0 Å². The molecule has 2 aliphatic rings. The Kier molecular flexibility index (Phi) is 3.18. The number of carbonyl (C=O) groups is 1. The Hall–Kier alpha value is -1.56. The van der Waals surface area contributed by atoms with Crippen LogP contribution < -0.4 is 5.73 Å². The van der Waals surface area contributed by atoms with Crippen molar-refractivity contribution in [2.45, 2.75) is 31.3 Å². The number of anilines is 1. The molecular weight excluding hydrogens is 242 g/mol. The van der Waals surface area contributed by atoms with Crippen molar-refractivity contribution in [3.05, 3.63) is 12.3 Å². The second-order valence-electron chi connectivity index (χ2n) is 5.55. The van der Waals surface area contributed by atoms with Crippen LogP contribution in [0.25, 0.3) is 0 Å². The molecule has 104 valence electrons. The molecule has 0 aromatic carbocycles. The van der Waals surface area contributed by atoms with Gasteiger partial charge in [0.25, 0.3) is 0 Å². The molecule has 2 saturated heterocycles. The molecule has 0 aliphatic carbocycles. The predicted octanol–water partition coefficient (Wildman–Crippen LogP) is 0.333. The molecule has 1 atom stereocenters. The molecule has 1 unspecified atom stereocenters. The summed E-state index contributed by atoms with van der Waals surface area (Å²) in [5.41, 5.74) is 5.65. The van der Waals surface area contributed by atoms with Gasteiger partial charge in [-0.05, 0) is 25.3 Å². The second-order valence-corrected chi connectivity index (χ2v) is 5.55. The number of carbonyl (C=O) groups excluding carboxylic acids is 1. The average Bonchev–Trinajstić information content (AvgIpc) is 2.98. The number of rotatable bonds is 2. The number of likely N-dealkylation sites (N-methyl/N-ethyl adjacent to an activating group) is 1. The van der Waals surface area contributed by atoms with Crippen molar-refractivity contribution in [1.82, 2.24) is 19.6 Å². The summed E-state index contributed by atoms with van der Waals surface area (Å²) in [4.78, 5) is 16.2. The number of hydrogen-bond donors (Lipinski definition) is 1. The Bertz CT molecular complexity index is 463. The first-order valence-corrected chi connectivity index (χ1v) is 6.95. The van der Waals surface area contributed by atoms with Crippen LogP contribution in [0.5, 0.6) is 0 Å². The van der Waals surface area contributed by atoms with Crippen LogP contribution in [0.3, 0.4) is 0 Å². The molecule has 0 bridgehead atoms. The monoisotopic (exact) mass is 263 g/mol. The minimum atomic E-state index is 0.105. The van der Waals surface area contributed by atoms with Crippen molar-refractivity contribution in [2.75, 3.05) is 32.4 Å². The molecule has 6 heteroatoms. The van der Waals surface area contributed by atoms with E-state index in [1.807, 2.05) is 28.9 Å². The zero-order valence-electron chi connectivity index (χ0n) is 11.3. The zero-order valence-corrected chi connectivity index (χ0v) is 11.3. The summed E-state index contributed by atoms with van der Waals surface area (Å²) in [6, 6.07) is 2.36. The van der Waals surface area contributed by atoms with Gasteiger partial charge in [0.15, 0.2) is 0 Å². The van der Waals surface area contributed by atoms with E-state index in [1.165, 1.54) is 0 Å². The molecule has 1 amide bonds. The third-order valence-corrected chi connectivity index (χ3v) is 4.34. The average molecular weight is 263 g/mol. The van der Waals surface area contributed by atoms with E-state index in [2.05, 4.69) is 10.00 Å². The molecule has 2 aliphatic heterocycles. The fourth-order valence-corrected chi connectivity index (χ4v) is 3.16. The van der Waals surface area contributed by atoms with Crippen molar-refractivity contribution >= 4 is 11.7 Å². The number of piperidine rings is 1. The molecule has 2 N–H and O–H groups in total. The fourth-order valence-electron chi connectivity index (χ4n) is 3.16. The first-order valence-electron chi connectivity index (χ1n) is 6.95. The highest BCUT2D eigenvalue weighted by atomic mass is 16.2. The molecule has 19 heavy (non-hydrogen) atoms. The molecule has 3 heterocycles. The third kappa shape index (κ3) is 2.32. The topological polar surface area (TPSA) is 67.4 Å². The summed E-state index contributed by atoms with van der Waals surface area (Å²) in [6.07, 6.45) is 4.99. The molecular formula is C13H21N5O. The number of amides is 1. The molecule has 1 aromatic rings. The lowest BCUT2D eigenvalue weighted by Crippen LogP contribution is -2.45. The number of nitrogens with two attached hydrogens (primary N) is 1. The van der Waals surface area contributed by atoms with Crippen molar-refractivity contribution < 1.29 is 4.79 Å². The summed E-state index contributed by atoms with van der Waals surface area (Å²) < 4.78 is 1.97. The Labute approximate surface area is 113 Å². The van der Waals surface area contributed by atoms with Gasteiger partial charge in [-0.2, -0.15) is 5.10 Å². The zero-order chi connectivity index (χ0) is 13.4. The van der Waals surface area contributed by atoms with E-state index < -0.39 is 0 Å². The fraction of sp³-hybridized carbons (Fsp3) is 0.692. The van der Waals surface area contributed by atoms with Gasteiger partial charge in [0.2, 0.25) is 5.91 Å². The lowest BCUT2D eigenvalue weighted by Gasteiger charge is -2.35. The lowest BCUT2D eigenvalue weighted by molar-refractivity contribution is -0.131. The van der Waals surface area contributed by atoms with E-state index in [0.717, 1.165) is 38.9 Å². The predicted molar refractivity (Wildman–Crippen MR) is 72.5 cm³/mol. The normalized spacial score (nSPS) is 26.3. The van der Waals surface area contributed by atoms with Crippen LogP contribution in [0.1, 0.15) is 25.3 Å². The van der Waals surface area contributed by atoms with E-state index in [0.29, 0.717) is 11.9 Å². The van der Waals surface area contributed by atoms with Gasteiger partial charge < -0.3 is 10.6 Å². The van der Waals surface area contributed by atoms with Crippen LogP contribution in [0.4, 0.5) is 5.82 Å². The molecule has 0 spiro atoms. The third-order valence-electron chi connectivity index (χ3n) is 4.34. The first kappa shape index (κ1) is 12.5. The minimum absolute atomic E-state index is 0.105. The number of nitrogen functional groups attached to an aromatic ring is 1. The summed E-state index contributed by atoms with van der Waals surface area (Å²) in [5.74, 6) is 0.858. The maximum atomic E-state index is 12.0. The van der Waals surface area contributed by atoms with Crippen molar-refractivity contribution in [2.24, 2.45) is 0 Å². The highest BCUT2D eigenvalue weighted by molar-refractivity contribution is 5.83. The van der Waals surface area contributed by atoms with E-state index in [1.54, 1.807) is 0 Å². The van der Waals surface area contributed by atoms with Crippen LogP contribution in [0.2, 0.25) is 0 Å². The number of nitrogens with zero attached hydrogens (tertiary/aromatic N) is 4. The number of hydrogen-bond acceptors (Lipinski definition) is 4. The van der Waals surface area contributed by atoms with Gasteiger partial charge in [0.05, 0.1) is 12.1 Å². The molecule has 2 fully saturated rings. The van der Waals surface area contributed by atoms with Gasteiger partial charge >= 0.3 is 0 Å². The van der Waals surface area contributed by atoms with Crippen LogP contribution in [-0.2, 0) is 4.79 Å². The standard InChI is InChI=1S/C13H21N5O/c1-16-6-4-11(13(16)19)17-7-2-10(3-8-17)18-9-5-12(14)15-18/h5,9-11H,2-4,6-8H2,1H3,(H2,14,15). The van der Waals surface area contributed by atoms with Crippen LogP contribution in [-0.4, -0.2) is 58.2 Å². The highest BCUT2D eigenvalue weighted by Gasteiger charge is 2.35. The van der Waals surface area contributed by atoms with E-state index in [-0.39, 0.29) is 11.9 Å². The van der Waals surface area contributed by atoms with Gasteiger partial charge in [-0.15, -0.1) is 0 Å². The van der Waals surface area contributed by atoms with E-state index in [4.69, 9.17) is 5.73 Å². The first-order chi connectivity index (χ1) is 9.15. The summed E-state index contributed by atoms with van der Waals surface area (Å²) >= 11 is 0. The van der Waals surface area contributed by atoms with Crippen molar-refractivity contribution in [1.29, 1.82) is 0 Å². The van der Waals surface area contributed by atoms with Gasteiger partial charge in [-0.1, -0.05) is 0 Å². The quantitative estimate of drug-likeness (QED) is 0.835. The number of aromatic nitrogens is 2. The Balaban J connectivity index is 1.59. The SMILES string of the molecule is CN1CCC(N2CCC(n3ccc(N)n3)CC2)C1=O. The molecule has 3 rings (SSSR count). The second kappa shape index (κ2) is 4.85. The van der Waals surface area contributed by atoms with Crippen LogP contribution in [0.15, 0.2) is 12.3 Å². The van der Waals surface area contributed by atoms with E-state index in [9.17, 15) is 4.79 Å². The molecule has 1 aromatic heterocycles. The Morgan fingerprint density at radius 2 is 2.00 bits per heavy atom. The van der Waals surface area contributed by atoms with Crippen molar-refractivity contribution in [3.63, 3.8) is 0 Å². The summed E-state index contributed by atoms with van der Waals surface area (Å²) in [6.45, 7) is 2.82. The molecule has 0 saturated carbocycles. The highest BCUT2D eigenvalue weighted by Crippen LogP contribution is 2.26. The van der Waals surface area contributed by atoms with Crippen LogP contribution >= 0.6 is 0 Å². The van der Waals surface area contributed by atoms with Gasteiger partial charge in [-0.25, -0.2) is 0 Å². The van der Waals surface area contributed by atoms with Gasteiger partial charge in [0.1, 0.15) is 5.82 Å². The van der Waals surface area contributed by atoms with E-state index >= 15 is 0 Å². The molecule has 6 nitrogen and oxygen atoms in total. The lowest BCUT2D eigenvalue weighted by atomic mass is 10.0. The number of likely N-dealkylation sites (tertiary alicyclic amines) is 2. The molecule has 0 radical (unpaired) electrons. The summed E-state index contributed by atoms with van der Waals surface area (Å²) in [5, 5.41) is 4.28. The van der Waals surface area contributed by atoms with Gasteiger partial charge in [0, 0.05) is 32.9 Å². The Morgan fingerprint density at radius 3 is 2.53 bits per heavy atom. The van der Waals surface area contributed by atoms with Gasteiger partial charge in [-0.3, -0.25) is 14.4 Å². The Morgan fingerprint density at radius 1 is 1.26 bits per heavy atom. The smallest absolute Gasteiger partial charge is 0.239 e.